The molecule has 2 heterocycles. The van der Waals surface area contributed by atoms with Crippen molar-refractivity contribution >= 4 is 25.9 Å². The fraction of sp³-hybridized carbons (Fsp3) is 0.714. The highest BCUT2D eigenvalue weighted by Gasteiger charge is 2.42. The Balaban J connectivity index is 2.35. The van der Waals surface area contributed by atoms with Gasteiger partial charge in [0.25, 0.3) is 0 Å². The molecular weight excluding hydrogens is 531 g/mol. The first-order valence-corrected chi connectivity index (χ1v) is 14.5. The third-order valence-electron chi connectivity index (χ3n) is 6.33. The van der Waals surface area contributed by atoms with Gasteiger partial charge in [0.15, 0.2) is 8.32 Å². The molecule has 2 amide bonds. The van der Waals surface area contributed by atoms with Crippen LogP contribution in [0.5, 0.6) is 0 Å². The summed E-state index contributed by atoms with van der Waals surface area (Å²) in [7, 11) is -2.19. The van der Waals surface area contributed by atoms with Crippen molar-refractivity contribution in [2.45, 2.75) is 83.4 Å². The third kappa shape index (κ3) is 8.26. The average Bonchev–Trinajstić information content (AvgIpc) is 3.18. The molecule has 1 aromatic heterocycles. The summed E-state index contributed by atoms with van der Waals surface area (Å²) < 4.78 is 57.0. The van der Waals surface area contributed by atoms with Gasteiger partial charge in [-0.1, -0.05) is 25.9 Å². The van der Waals surface area contributed by atoms with Crippen molar-refractivity contribution in [1.82, 2.24) is 14.9 Å². The number of halogens is 3. The first-order chi connectivity index (χ1) is 17.5. The minimum atomic E-state index is -5.13. The number of amides is 2. The van der Waals surface area contributed by atoms with E-state index in [4.69, 9.17) is 19.4 Å². The lowest BCUT2D eigenvalue weighted by Crippen LogP contribution is -2.44. The van der Waals surface area contributed by atoms with Gasteiger partial charge in [0.1, 0.15) is 24.9 Å². The summed E-state index contributed by atoms with van der Waals surface area (Å²) in [5, 5.41) is 7.24. The molecule has 0 spiro atoms. The van der Waals surface area contributed by atoms with Crippen LogP contribution in [0.3, 0.4) is 0 Å². The standard InChI is InChI=1S/C21H32F3N7O6Si/c1-12(32)28-17-13(8-26-18(33)21(22,23)24)9-31(19(34)29-17)16-7-14(35-11-27-30-25)15(37-16)10-36-38(5,6)20(2,3)4/h9,14-16H,7-8,10-11H2,1-6H3,(H,26,33)(H,28,29,32,34). The van der Waals surface area contributed by atoms with Crippen LogP contribution in [0.15, 0.2) is 16.1 Å². The van der Waals surface area contributed by atoms with Gasteiger partial charge in [-0.25, -0.2) is 4.79 Å². The van der Waals surface area contributed by atoms with Crippen molar-refractivity contribution in [3.63, 3.8) is 0 Å². The van der Waals surface area contributed by atoms with Crippen molar-refractivity contribution in [3.05, 3.63) is 32.7 Å². The van der Waals surface area contributed by atoms with Crippen LogP contribution in [-0.2, 0) is 30.0 Å². The minimum Gasteiger partial charge on any atom is -0.414 e. The van der Waals surface area contributed by atoms with E-state index in [0.717, 1.165) is 17.7 Å². The summed E-state index contributed by atoms with van der Waals surface area (Å²) in [6.45, 7) is 10.6. The maximum Gasteiger partial charge on any atom is 0.471 e. The van der Waals surface area contributed by atoms with Crippen molar-refractivity contribution in [1.29, 1.82) is 0 Å². The molecule has 1 aliphatic rings. The predicted molar refractivity (Wildman–Crippen MR) is 131 cm³/mol. The topological polar surface area (TPSA) is 170 Å². The molecule has 13 nitrogen and oxygen atoms in total. The van der Waals surface area contributed by atoms with Crippen LogP contribution in [0.25, 0.3) is 10.4 Å². The van der Waals surface area contributed by atoms with Crippen LogP contribution < -0.4 is 16.3 Å². The number of rotatable bonds is 10. The molecule has 0 aliphatic carbocycles. The zero-order chi connectivity index (χ0) is 28.9. The molecule has 1 aromatic rings. The largest absolute Gasteiger partial charge is 0.471 e. The number of hydrogen-bond donors (Lipinski definition) is 2. The summed E-state index contributed by atoms with van der Waals surface area (Å²) in [6, 6.07) is 0. The van der Waals surface area contributed by atoms with Gasteiger partial charge in [0.05, 0.1) is 12.7 Å². The second-order valence-electron chi connectivity index (χ2n) is 10.2. The molecule has 212 valence electrons. The van der Waals surface area contributed by atoms with Crippen LogP contribution in [-0.4, -0.2) is 61.4 Å². The van der Waals surface area contributed by atoms with Crippen molar-refractivity contribution in [2.24, 2.45) is 5.11 Å². The van der Waals surface area contributed by atoms with Gasteiger partial charge < -0.3 is 24.5 Å². The molecule has 2 rings (SSSR count). The maximum absolute atomic E-state index is 12.8. The fourth-order valence-corrected chi connectivity index (χ4v) is 4.27. The number of carbonyl (C=O) groups is 2. The Labute approximate surface area is 217 Å². The van der Waals surface area contributed by atoms with Gasteiger partial charge in [-0.15, -0.1) is 0 Å². The molecule has 0 saturated carbocycles. The van der Waals surface area contributed by atoms with E-state index in [1.54, 1.807) is 5.32 Å². The number of nitrogens with one attached hydrogen (secondary N) is 2. The molecule has 1 saturated heterocycles. The predicted octanol–water partition coefficient (Wildman–Crippen LogP) is 3.34. The number of alkyl halides is 3. The summed E-state index contributed by atoms with van der Waals surface area (Å²) >= 11 is 0. The minimum absolute atomic E-state index is 0.0616. The van der Waals surface area contributed by atoms with E-state index in [2.05, 4.69) is 41.1 Å². The van der Waals surface area contributed by atoms with E-state index in [9.17, 15) is 27.6 Å². The Hall–Kier alpha value is -2.98. The summed E-state index contributed by atoms with van der Waals surface area (Å²) in [5.41, 5.74) is 7.66. The van der Waals surface area contributed by atoms with Crippen LogP contribution in [0, 0.1) is 0 Å². The highest BCUT2D eigenvalue weighted by Crippen LogP contribution is 2.38. The Bertz CT molecular complexity index is 1130. The SMILES string of the molecule is CC(=O)Nc1nc(=O)n(C2CC(OCN=[N+]=[N-])C(CO[Si](C)(C)C(C)(C)C)O2)cc1CNC(=O)C(F)(F)F. The van der Waals surface area contributed by atoms with Gasteiger partial charge in [0.2, 0.25) is 5.91 Å². The van der Waals surface area contributed by atoms with Gasteiger partial charge in [-0.3, -0.25) is 14.2 Å². The molecule has 38 heavy (non-hydrogen) atoms. The first kappa shape index (κ1) is 31.2. The second kappa shape index (κ2) is 12.3. The monoisotopic (exact) mass is 563 g/mol. The Morgan fingerprint density at radius 3 is 2.55 bits per heavy atom. The summed E-state index contributed by atoms with van der Waals surface area (Å²) in [4.78, 5) is 42.1. The van der Waals surface area contributed by atoms with E-state index >= 15 is 0 Å². The van der Waals surface area contributed by atoms with Crippen molar-refractivity contribution in [3.8, 4) is 0 Å². The van der Waals surface area contributed by atoms with Gasteiger partial charge in [-0.2, -0.15) is 18.2 Å². The van der Waals surface area contributed by atoms with Crippen LogP contribution in [0.1, 0.15) is 45.9 Å². The summed E-state index contributed by atoms with van der Waals surface area (Å²) in [6.07, 6.45) is -6.16. The second-order valence-corrected chi connectivity index (χ2v) is 15.0. The molecule has 0 radical (unpaired) electrons. The molecule has 17 heteroatoms. The molecule has 0 aromatic carbocycles. The zero-order valence-electron chi connectivity index (χ0n) is 22.0. The van der Waals surface area contributed by atoms with E-state index in [1.807, 2.05) is 13.1 Å². The number of anilines is 1. The van der Waals surface area contributed by atoms with Crippen LogP contribution in [0.4, 0.5) is 19.0 Å². The highest BCUT2D eigenvalue weighted by atomic mass is 28.4. The third-order valence-corrected chi connectivity index (χ3v) is 10.8. The van der Waals surface area contributed by atoms with E-state index in [0.29, 0.717) is 0 Å². The van der Waals surface area contributed by atoms with Gasteiger partial charge in [-0.05, 0) is 23.7 Å². The van der Waals surface area contributed by atoms with Crippen molar-refractivity contribution < 1.29 is 36.7 Å². The first-order valence-electron chi connectivity index (χ1n) is 11.6. The quantitative estimate of drug-likeness (QED) is 0.190. The molecule has 1 fully saturated rings. The van der Waals surface area contributed by atoms with Gasteiger partial charge >= 0.3 is 17.8 Å². The lowest BCUT2D eigenvalue weighted by molar-refractivity contribution is -0.173. The smallest absolute Gasteiger partial charge is 0.414 e. The summed E-state index contributed by atoms with van der Waals surface area (Å²) in [5.74, 6) is -3.12. The Morgan fingerprint density at radius 1 is 1.34 bits per heavy atom. The zero-order valence-corrected chi connectivity index (χ0v) is 23.0. The molecule has 3 unspecified atom stereocenters. The number of carbonyl (C=O) groups excluding carboxylic acids is 2. The van der Waals surface area contributed by atoms with Gasteiger partial charge in [0, 0.05) is 36.6 Å². The van der Waals surface area contributed by atoms with Crippen LogP contribution >= 0.6 is 0 Å². The van der Waals surface area contributed by atoms with Crippen molar-refractivity contribution in [2.75, 3.05) is 18.7 Å². The Morgan fingerprint density at radius 2 is 2.00 bits per heavy atom. The van der Waals surface area contributed by atoms with E-state index < -0.39 is 57.0 Å². The van der Waals surface area contributed by atoms with E-state index in [1.165, 1.54) is 0 Å². The maximum atomic E-state index is 12.8. The normalized spacial score (nSPS) is 20.1. The molecule has 2 N–H and O–H groups in total. The van der Waals surface area contributed by atoms with E-state index in [-0.39, 0.29) is 36.2 Å². The molecule has 3 atom stereocenters. The highest BCUT2D eigenvalue weighted by molar-refractivity contribution is 6.74. The number of nitrogens with zero attached hydrogens (tertiary/aromatic N) is 5. The van der Waals surface area contributed by atoms with Crippen LogP contribution in [0.2, 0.25) is 18.1 Å². The Kier molecular flexibility index (Phi) is 10.1. The fourth-order valence-electron chi connectivity index (χ4n) is 3.25. The number of azide groups is 1. The lowest BCUT2D eigenvalue weighted by atomic mass is 10.2. The molecular formula is C21H32F3N7O6Si. The number of ether oxygens (including phenoxy) is 2. The molecule has 0 bridgehead atoms. The molecule has 1 aliphatic heterocycles. The number of hydrogen-bond acceptors (Lipinski definition) is 8. The lowest BCUT2D eigenvalue weighted by Gasteiger charge is -2.37. The average molecular weight is 564 g/mol. The number of aromatic nitrogens is 2.